The summed E-state index contributed by atoms with van der Waals surface area (Å²) in [5.74, 6) is -0.0395. The predicted molar refractivity (Wildman–Crippen MR) is 133 cm³/mol. The standard InChI is InChI=1S/C25H21N3O2S2/c1-2-15-26-21(29)16-31-25-27-22(18-10-4-3-5-11-18)24(32-25)28-23(30)20-14-8-12-17-9-6-7-13-19(17)20/h2-14H,1,15-16H2,(H,26,29)(H,28,30). The number of benzene rings is 3. The van der Waals surface area contributed by atoms with Crippen LogP contribution in [0.1, 0.15) is 10.4 Å². The van der Waals surface area contributed by atoms with Gasteiger partial charge in [-0.15, -0.1) is 6.58 Å². The average molecular weight is 460 g/mol. The number of hydrogen-bond donors (Lipinski definition) is 2. The van der Waals surface area contributed by atoms with Gasteiger partial charge in [-0.2, -0.15) is 0 Å². The maximum absolute atomic E-state index is 13.2. The molecule has 4 aromatic rings. The number of carbonyl (C=O) groups excluding carboxylic acids is 2. The normalized spacial score (nSPS) is 10.6. The molecule has 5 nitrogen and oxygen atoms in total. The van der Waals surface area contributed by atoms with Gasteiger partial charge in [-0.25, -0.2) is 4.98 Å². The van der Waals surface area contributed by atoms with Crippen LogP contribution < -0.4 is 10.6 Å². The van der Waals surface area contributed by atoms with E-state index in [9.17, 15) is 9.59 Å². The Morgan fingerprint density at radius 1 is 1.00 bits per heavy atom. The van der Waals surface area contributed by atoms with Crippen molar-refractivity contribution in [3.8, 4) is 11.3 Å². The second-order valence-electron chi connectivity index (χ2n) is 6.89. The number of carbonyl (C=O) groups is 2. The van der Waals surface area contributed by atoms with Crippen molar-refractivity contribution in [3.63, 3.8) is 0 Å². The molecule has 0 aliphatic carbocycles. The maximum Gasteiger partial charge on any atom is 0.256 e. The quantitative estimate of drug-likeness (QED) is 0.265. The zero-order valence-electron chi connectivity index (χ0n) is 17.2. The lowest BCUT2D eigenvalue weighted by Crippen LogP contribution is -2.24. The van der Waals surface area contributed by atoms with E-state index in [0.29, 0.717) is 27.1 Å². The molecule has 7 heteroatoms. The molecule has 2 amide bonds. The fraction of sp³-hybridized carbons (Fsp3) is 0.0800. The Kier molecular flexibility index (Phi) is 6.99. The van der Waals surface area contributed by atoms with E-state index in [1.54, 1.807) is 6.08 Å². The Morgan fingerprint density at radius 2 is 1.75 bits per heavy atom. The summed E-state index contributed by atoms with van der Waals surface area (Å²) in [5, 5.41) is 8.37. The van der Waals surface area contributed by atoms with Crippen molar-refractivity contribution < 1.29 is 9.59 Å². The van der Waals surface area contributed by atoms with Crippen LogP contribution in [0.25, 0.3) is 22.0 Å². The summed E-state index contributed by atoms with van der Waals surface area (Å²) in [6, 6.07) is 23.2. The fourth-order valence-electron chi connectivity index (χ4n) is 3.20. The summed E-state index contributed by atoms with van der Waals surface area (Å²) in [4.78, 5) is 29.9. The Bertz CT molecular complexity index is 1260. The summed E-state index contributed by atoms with van der Waals surface area (Å²) < 4.78 is 0.714. The molecule has 32 heavy (non-hydrogen) atoms. The van der Waals surface area contributed by atoms with Gasteiger partial charge in [0.05, 0.1) is 5.75 Å². The van der Waals surface area contributed by atoms with Gasteiger partial charge in [-0.05, 0) is 16.8 Å². The lowest BCUT2D eigenvalue weighted by atomic mass is 10.0. The highest BCUT2D eigenvalue weighted by Crippen LogP contribution is 2.38. The summed E-state index contributed by atoms with van der Waals surface area (Å²) in [6.07, 6.45) is 1.64. The van der Waals surface area contributed by atoms with E-state index in [4.69, 9.17) is 4.98 Å². The first-order valence-corrected chi connectivity index (χ1v) is 11.8. The average Bonchev–Trinajstić information content (AvgIpc) is 3.24. The minimum Gasteiger partial charge on any atom is -0.352 e. The second-order valence-corrected chi connectivity index (χ2v) is 9.11. The lowest BCUT2D eigenvalue weighted by Gasteiger charge is -2.08. The van der Waals surface area contributed by atoms with Crippen LogP contribution in [-0.2, 0) is 4.79 Å². The van der Waals surface area contributed by atoms with Gasteiger partial charge in [-0.3, -0.25) is 9.59 Å². The van der Waals surface area contributed by atoms with Crippen molar-refractivity contribution in [3.05, 3.63) is 91.0 Å². The first-order chi connectivity index (χ1) is 15.7. The minimum atomic E-state index is -0.192. The van der Waals surface area contributed by atoms with Crippen molar-refractivity contribution in [1.29, 1.82) is 0 Å². The number of thioether (sulfide) groups is 1. The summed E-state index contributed by atoms with van der Waals surface area (Å²) >= 11 is 2.71. The van der Waals surface area contributed by atoms with E-state index in [2.05, 4.69) is 17.2 Å². The number of fused-ring (bicyclic) bond motifs is 1. The van der Waals surface area contributed by atoms with Gasteiger partial charge in [0.1, 0.15) is 10.7 Å². The third-order valence-electron chi connectivity index (χ3n) is 4.69. The van der Waals surface area contributed by atoms with Gasteiger partial charge in [0.25, 0.3) is 5.91 Å². The smallest absolute Gasteiger partial charge is 0.256 e. The number of amides is 2. The number of rotatable bonds is 8. The van der Waals surface area contributed by atoms with Crippen molar-refractivity contribution in [1.82, 2.24) is 10.3 Å². The van der Waals surface area contributed by atoms with Crippen molar-refractivity contribution in [2.45, 2.75) is 4.34 Å². The molecule has 160 valence electrons. The molecule has 1 heterocycles. The molecule has 0 bridgehead atoms. The Hall–Kier alpha value is -3.42. The first-order valence-electron chi connectivity index (χ1n) is 10.0. The van der Waals surface area contributed by atoms with Crippen LogP contribution in [0, 0.1) is 0 Å². The van der Waals surface area contributed by atoms with Crippen LogP contribution in [0.5, 0.6) is 0 Å². The summed E-state index contributed by atoms with van der Waals surface area (Å²) in [5.41, 5.74) is 2.20. The predicted octanol–water partition coefficient (Wildman–Crippen LogP) is 5.61. The third kappa shape index (κ3) is 5.07. The molecule has 3 aromatic carbocycles. The molecule has 0 atom stereocenters. The summed E-state index contributed by atoms with van der Waals surface area (Å²) in [7, 11) is 0. The number of nitrogens with zero attached hydrogens (tertiary/aromatic N) is 1. The van der Waals surface area contributed by atoms with Crippen molar-refractivity contribution in [2.24, 2.45) is 0 Å². The van der Waals surface area contributed by atoms with Gasteiger partial charge in [0.15, 0.2) is 4.34 Å². The number of anilines is 1. The topological polar surface area (TPSA) is 71.1 Å². The first kappa shape index (κ1) is 21.8. The van der Waals surface area contributed by atoms with E-state index in [0.717, 1.165) is 16.3 Å². The molecule has 0 aliphatic rings. The second kappa shape index (κ2) is 10.3. The van der Waals surface area contributed by atoms with Crippen LogP contribution >= 0.6 is 23.1 Å². The van der Waals surface area contributed by atoms with Gasteiger partial charge in [-0.1, -0.05) is 95.9 Å². The van der Waals surface area contributed by atoms with Crippen molar-refractivity contribution >= 4 is 50.7 Å². The summed E-state index contributed by atoms with van der Waals surface area (Å²) in [6.45, 7) is 4.03. The van der Waals surface area contributed by atoms with Crippen LogP contribution in [0.3, 0.4) is 0 Å². The Balaban J connectivity index is 1.61. The molecular weight excluding hydrogens is 438 g/mol. The van der Waals surface area contributed by atoms with Gasteiger partial charge < -0.3 is 10.6 Å². The molecule has 4 rings (SSSR count). The van der Waals surface area contributed by atoms with Crippen LogP contribution in [0.15, 0.2) is 89.8 Å². The van der Waals surface area contributed by atoms with Gasteiger partial charge in [0, 0.05) is 17.7 Å². The largest absolute Gasteiger partial charge is 0.352 e. The van der Waals surface area contributed by atoms with Gasteiger partial charge >= 0.3 is 0 Å². The number of hydrogen-bond acceptors (Lipinski definition) is 5. The molecule has 2 N–H and O–H groups in total. The van der Waals surface area contributed by atoms with E-state index in [-0.39, 0.29) is 17.6 Å². The zero-order valence-corrected chi connectivity index (χ0v) is 18.8. The van der Waals surface area contributed by atoms with E-state index in [1.807, 2.05) is 72.8 Å². The third-order valence-corrected chi connectivity index (χ3v) is 6.80. The molecule has 0 fully saturated rings. The molecule has 0 saturated carbocycles. The number of thiazole rings is 1. The minimum absolute atomic E-state index is 0.0901. The Labute approximate surface area is 194 Å². The van der Waals surface area contributed by atoms with Crippen LogP contribution in [-0.4, -0.2) is 29.1 Å². The lowest BCUT2D eigenvalue weighted by molar-refractivity contribution is -0.118. The Morgan fingerprint density at radius 3 is 2.56 bits per heavy atom. The van der Waals surface area contributed by atoms with E-state index < -0.39 is 0 Å². The number of nitrogens with one attached hydrogen (secondary N) is 2. The van der Waals surface area contributed by atoms with E-state index in [1.165, 1.54) is 23.1 Å². The fourth-order valence-corrected chi connectivity index (χ4v) is 5.09. The maximum atomic E-state index is 13.2. The molecule has 0 aliphatic heterocycles. The molecule has 0 radical (unpaired) electrons. The highest BCUT2D eigenvalue weighted by atomic mass is 32.2. The molecule has 0 unspecified atom stereocenters. The highest BCUT2D eigenvalue weighted by molar-refractivity contribution is 8.01. The van der Waals surface area contributed by atoms with Gasteiger partial charge in [0.2, 0.25) is 5.91 Å². The van der Waals surface area contributed by atoms with Crippen LogP contribution in [0.2, 0.25) is 0 Å². The van der Waals surface area contributed by atoms with E-state index >= 15 is 0 Å². The highest BCUT2D eigenvalue weighted by Gasteiger charge is 2.18. The molecular formula is C25H21N3O2S2. The number of aromatic nitrogens is 1. The monoisotopic (exact) mass is 459 g/mol. The zero-order chi connectivity index (χ0) is 22.3. The molecule has 0 spiro atoms. The molecule has 0 saturated heterocycles. The SMILES string of the molecule is C=CCNC(=O)CSc1nc(-c2ccccc2)c(NC(=O)c2cccc3ccccc23)s1. The van der Waals surface area contributed by atoms with Crippen molar-refractivity contribution in [2.75, 3.05) is 17.6 Å². The van der Waals surface area contributed by atoms with Crippen LogP contribution in [0.4, 0.5) is 5.00 Å². The molecule has 1 aromatic heterocycles.